The van der Waals surface area contributed by atoms with Gasteiger partial charge in [0.25, 0.3) is 0 Å². The molecule has 2 nitrogen and oxygen atoms in total. The van der Waals surface area contributed by atoms with Crippen LogP contribution >= 0.6 is 0 Å². The summed E-state index contributed by atoms with van der Waals surface area (Å²) in [7, 11) is 0. The summed E-state index contributed by atoms with van der Waals surface area (Å²) < 4.78 is 0. The van der Waals surface area contributed by atoms with Gasteiger partial charge in [-0.25, -0.2) is 0 Å². The van der Waals surface area contributed by atoms with Gasteiger partial charge in [0.15, 0.2) is 0 Å². The lowest BCUT2D eigenvalue weighted by Gasteiger charge is -2.42. The molecule has 0 bridgehead atoms. The normalized spacial score (nSPS) is 20.9. The van der Waals surface area contributed by atoms with Gasteiger partial charge in [-0.2, -0.15) is 0 Å². The summed E-state index contributed by atoms with van der Waals surface area (Å²) in [6.45, 7) is 6.77. The molecule has 0 atom stereocenters. The summed E-state index contributed by atoms with van der Waals surface area (Å²) in [5.74, 6) is 0. The lowest BCUT2D eigenvalue weighted by Crippen LogP contribution is -2.49. The Balaban J connectivity index is 1.72. The second-order valence-corrected chi connectivity index (χ2v) is 5.27. The van der Waals surface area contributed by atoms with E-state index in [1.807, 2.05) is 0 Å². The van der Waals surface area contributed by atoms with Crippen molar-refractivity contribution in [3.05, 3.63) is 29.8 Å². The highest BCUT2D eigenvalue weighted by Gasteiger charge is 2.52. The number of hydrogen-bond acceptors (Lipinski definition) is 2. The van der Waals surface area contributed by atoms with Crippen LogP contribution in [0, 0.1) is 5.41 Å². The minimum atomic E-state index is 0.741. The van der Waals surface area contributed by atoms with Crippen LogP contribution in [0.25, 0.3) is 0 Å². The first-order valence-electron chi connectivity index (χ1n) is 6.37. The number of hydrogen-bond donors (Lipinski definition) is 1. The van der Waals surface area contributed by atoms with E-state index in [4.69, 9.17) is 0 Å². The van der Waals surface area contributed by atoms with Crippen LogP contribution in [0.5, 0.6) is 0 Å². The largest absolute Gasteiger partial charge is 0.370 e. The highest BCUT2D eigenvalue weighted by molar-refractivity contribution is 5.57. The zero-order valence-electron chi connectivity index (χ0n) is 10.00. The third kappa shape index (κ3) is 1.71. The maximum absolute atomic E-state index is 3.42. The van der Waals surface area contributed by atoms with Crippen LogP contribution in [0.3, 0.4) is 0 Å². The molecule has 16 heavy (non-hydrogen) atoms. The van der Waals surface area contributed by atoms with Crippen LogP contribution in [-0.2, 0) is 6.54 Å². The second kappa shape index (κ2) is 3.77. The highest BCUT2D eigenvalue weighted by Crippen LogP contribution is 2.54. The molecule has 1 aliphatic heterocycles. The fraction of sp³-hybridized carbons (Fsp3) is 0.571. The van der Waals surface area contributed by atoms with E-state index < -0.39 is 0 Å². The molecule has 1 N–H and O–H groups in total. The van der Waals surface area contributed by atoms with Crippen molar-refractivity contribution in [1.82, 2.24) is 5.32 Å². The third-order valence-electron chi connectivity index (χ3n) is 3.91. The summed E-state index contributed by atoms with van der Waals surface area (Å²) in [6, 6.07) is 8.81. The van der Waals surface area contributed by atoms with Crippen LogP contribution in [0.2, 0.25) is 0 Å². The van der Waals surface area contributed by atoms with Gasteiger partial charge in [-0.05, 0) is 31.0 Å². The maximum Gasteiger partial charge on any atom is 0.0412 e. The SMILES string of the molecule is CCNCc1ccccc1N1CC2(CC2)C1. The van der Waals surface area contributed by atoms with E-state index in [-0.39, 0.29) is 0 Å². The molecule has 0 aromatic heterocycles. The van der Waals surface area contributed by atoms with Gasteiger partial charge in [0.1, 0.15) is 0 Å². The van der Waals surface area contributed by atoms with Gasteiger partial charge in [-0.1, -0.05) is 25.1 Å². The molecule has 1 aliphatic carbocycles. The monoisotopic (exact) mass is 216 g/mol. The lowest BCUT2D eigenvalue weighted by molar-refractivity contribution is 0.386. The number of nitrogens with zero attached hydrogens (tertiary/aromatic N) is 1. The van der Waals surface area contributed by atoms with Crippen molar-refractivity contribution >= 4 is 5.69 Å². The average Bonchev–Trinajstić information content (AvgIpc) is 3.05. The van der Waals surface area contributed by atoms with Gasteiger partial charge in [-0.15, -0.1) is 0 Å². The fourth-order valence-electron chi connectivity index (χ4n) is 2.66. The van der Waals surface area contributed by atoms with Gasteiger partial charge in [0.2, 0.25) is 0 Å². The van der Waals surface area contributed by atoms with E-state index in [1.165, 1.54) is 37.2 Å². The van der Waals surface area contributed by atoms with Crippen LogP contribution in [0.4, 0.5) is 5.69 Å². The van der Waals surface area contributed by atoms with Crippen molar-refractivity contribution in [2.24, 2.45) is 5.41 Å². The lowest BCUT2D eigenvalue weighted by atomic mass is 9.95. The summed E-state index contributed by atoms with van der Waals surface area (Å²) in [5.41, 5.74) is 3.63. The minimum Gasteiger partial charge on any atom is -0.370 e. The molecule has 3 rings (SSSR count). The molecule has 2 aliphatic rings. The molecule has 1 saturated heterocycles. The molecular formula is C14H20N2. The molecule has 1 spiro atoms. The Bertz CT molecular complexity index is 374. The van der Waals surface area contributed by atoms with Crippen molar-refractivity contribution in [1.29, 1.82) is 0 Å². The van der Waals surface area contributed by atoms with Gasteiger partial charge >= 0.3 is 0 Å². The van der Waals surface area contributed by atoms with E-state index >= 15 is 0 Å². The fourth-order valence-corrected chi connectivity index (χ4v) is 2.66. The van der Waals surface area contributed by atoms with Gasteiger partial charge in [0.05, 0.1) is 0 Å². The van der Waals surface area contributed by atoms with Crippen LogP contribution in [0.15, 0.2) is 24.3 Å². The second-order valence-electron chi connectivity index (χ2n) is 5.27. The first-order chi connectivity index (χ1) is 7.83. The summed E-state index contributed by atoms with van der Waals surface area (Å²) >= 11 is 0. The number of rotatable bonds is 4. The molecule has 1 heterocycles. The third-order valence-corrected chi connectivity index (χ3v) is 3.91. The topological polar surface area (TPSA) is 15.3 Å². The molecule has 86 valence electrons. The maximum atomic E-state index is 3.42. The van der Waals surface area contributed by atoms with Crippen LogP contribution < -0.4 is 10.2 Å². The number of para-hydroxylation sites is 1. The van der Waals surface area contributed by atoms with E-state index in [0.29, 0.717) is 0 Å². The molecule has 1 aromatic carbocycles. The van der Waals surface area contributed by atoms with E-state index in [0.717, 1.165) is 18.5 Å². The Labute approximate surface area is 97.6 Å². The predicted octanol–water partition coefficient (Wildman–Crippen LogP) is 2.40. The quantitative estimate of drug-likeness (QED) is 0.831. The highest BCUT2D eigenvalue weighted by atomic mass is 15.2. The minimum absolute atomic E-state index is 0.741. The Morgan fingerprint density at radius 2 is 2.00 bits per heavy atom. The van der Waals surface area contributed by atoms with Crippen LogP contribution in [-0.4, -0.2) is 19.6 Å². The molecule has 2 fully saturated rings. The van der Waals surface area contributed by atoms with Gasteiger partial charge < -0.3 is 10.2 Å². The number of anilines is 1. The van der Waals surface area contributed by atoms with Crippen molar-refractivity contribution in [3.63, 3.8) is 0 Å². The molecule has 1 aromatic rings. The van der Waals surface area contributed by atoms with Crippen molar-refractivity contribution < 1.29 is 0 Å². The van der Waals surface area contributed by atoms with Crippen LogP contribution in [0.1, 0.15) is 25.3 Å². The van der Waals surface area contributed by atoms with Crippen molar-refractivity contribution in [2.45, 2.75) is 26.3 Å². The Morgan fingerprint density at radius 3 is 2.69 bits per heavy atom. The average molecular weight is 216 g/mol. The first-order valence-corrected chi connectivity index (χ1v) is 6.37. The number of benzene rings is 1. The Morgan fingerprint density at radius 1 is 1.25 bits per heavy atom. The summed E-state index contributed by atoms with van der Waals surface area (Å²) in [6.07, 6.45) is 2.91. The van der Waals surface area contributed by atoms with Crippen molar-refractivity contribution in [3.8, 4) is 0 Å². The first kappa shape index (κ1) is 10.2. The predicted molar refractivity (Wildman–Crippen MR) is 67.7 cm³/mol. The number of nitrogens with one attached hydrogen (secondary N) is 1. The zero-order chi connectivity index (χ0) is 11.0. The van der Waals surface area contributed by atoms with Gasteiger partial charge in [-0.3, -0.25) is 0 Å². The molecule has 0 unspecified atom stereocenters. The van der Waals surface area contributed by atoms with E-state index in [9.17, 15) is 0 Å². The zero-order valence-corrected chi connectivity index (χ0v) is 10.00. The summed E-state index contributed by atoms with van der Waals surface area (Å²) in [4.78, 5) is 2.54. The smallest absolute Gasteiger partial charge is 0.0412 e. The molecule has 0 radical (unpaired) electrons. The Kier molecular flexibility index (Phi) is 2.40. The van der Waals surface area contributed by atoms with E-state index in [2.05, 4.69) is 41.4 Å². The Hall–Kier alpha value is -1.02. The van der Waals surface area contributed by atoms with Gasteiger partial charge in [0, 0.05) is 30.7 Å². The molecule has 0 amide bonds. The molecular weight excluding hydrogens is 196 g/mol. The molecule has 1 saturated carbocycles. The van der Waals surface area contributed by atoms with E-state index in [1.54, 1.807) is 0 Å². The summed E-state index contributed by atoms with van der Waals surface area (Å²) in [5, 5.41) is 3.42. The standard InChI is InChI=1S/C14H20N2/c1-2-15-9-12-5-3-4-6-13(12)16-10-14(11-16)7-8-14/h3-6,15H,2,7-11H2,1H3. The molecule has 2 heteroatoms. The van der Waals surface area contributed by atoms with Crippen molar-refractivity contribution in [2.75, 3.05) is 24.5 Å².